The van der Waals surface area contributed by atoms with Gasteiger partial charge in [0.2, 0.25) is 0 Å². The molecule has 5 nitrogen and oxygen atoms in total. The molecule has 0 aliphatic heterocycles. The van der Waals surface area contributed by atoms with Crippen LogP contribution in [0.2, 0.25) is 0 Å². The summed E-state index contributed by atoms with van der Waals surface area (Å²) in [6.45, 7) is 5.67. The van der Waals surface area contributed by atoms with Crippen molar-refractivity contribution in [2.45, 2.75) is 20.8 Å². The van der Waals surface area contributed by atoms with Gasteiger partial charge in [0.15, 0.2) is 0 Å². The van der Waals surface area contributed by atoms with Crippen molar-refractivity contribution in [3.63, 3.8) is 0 Å². The van der Waals surface area contributed by atoms with E-state index in [0.29, 0.717) is 5.30 Å². The SMILES string of the molecule is CCOP(=O)(OCC)/C(=C\c1ccccc1)P(=O)(OCC)c1ccc(-c2ccccc2)cc1. The van der Waals surface area contributed by atoms with Gasteiger partial charge in [-0.3, -0.25) is 9.13 Å². The second-order valence-corrected chi connectivity index (χ2v) is 11.8. The third-order valence-electron chi connectivity index (χ3n) is 4.90. The maximum absolute atomic E-state index is 14.5. The average molecular weight is 484 g/mol. The minimum atomic E-state index is -3.91. The van der Waals surface area contributed by atoms with Crippen molar-refractivity contribution < 1.29 is 22.7 Å². The molecule has 3 aromatic rings. The third-order valence-corrected chi connectivity index (χ3v) is 10.6. The Hall–Kier alpha value is -2.26. The van der Waals surface area contributed by atoms with Crippen LogP contribution in [0, 0.1) is 0 Å². The Morgan fingerprint density at radius 2 is 1.15 bits per heavy atom. The van der Waals surface area contributed by atoms with E-state index in [2.05, 4.69) is 0 Å². The Morgan fingerprint density at radius 1 is 0.667 bits per heavy atom. The summed E-state index contributed by atoms with van der Waals surface area (Å²) < 4.78 is 45.6. The molecule has 0 bridgehead atoms. The van der Waals surface area contributed by atoms with Crippen LogP contribution in [0.3, 0.4) is 0 Å². The fourth-order valence-electron chi connectivity index (χ4n) is 3.47. The molecule has 33 heavy (non-hydrogen) atoms. The number of benzene rings is 3. The standard InChI is InChI=1S/C26H30O5P2/c1-4-29-32(27,25-19-17-24(18-20-25)23-15-11-8-12-16-23)26(21-22-13-9-7-10-14-22)33(28,30-5-2)31-6-3/h7-21H,4-6H2,1-3H3/b26-21-. The predicted octanol–water partition coefficient (Wildman–Crippen LogP) is 7.56. The zero-order valence-electron chi connectivity index (χ0n) is 19.2. The molecule has 0 fully saturated rings. The van der Waals surface area contributed by atoms with Crippen LogP contribution in [0.4, 0.5) is 0 Å². The zero-order valence-corrected chi connectivity index (χ0v) is 21.0. The highest BCUT2D eigenvalue weighted by Gasteiger charge is 2.45. The van der Waals surface area contributed by atoms with Gasteiger partial charge in [0, 0.05) is 5.30 Å². The first-order valence-electron chi connectivity index (χ1n) is 11.0. The Kier molecular flexibility index (Phi) is 9.02. The van der Waals surface area contributed by atoms with Gasteiger partial charge in [-0.2, -0.15) is 0 Å². The first-order chi connectivity index (χ1) is 16.0. The van der Waals surface area contributed by atoms with Gasteiger partial charge in [0.25, 0.3) is 7.37 Å². The summed E-state index contributed by atoms with van der Waals surface area (Å²) in [6, 6.07) is 26.5. The second kappa shape index (κ2) is 11.7. The summed E-state index contributed by atoms with van der Waals surface area (Å²) in [5.41, 5.74) is 2.76. The maximum Gasteiger partial charge on any atom is 0.367 e. The molecule has 0 heterocycles. The summed E-state index contributed by atoms with van der Waals surface area (Å²) in [5, 5.41) is 0.477. The van der Waals surface area contributed by atoms with Crippen molar-refractivity contribution in [3.8, 4) is 11.1 Å². The van der Waals surface area contributed by atoms with Crippen LogP contribution in [0.25, 0.3) is 17.2 Å². The van der Waals surface area contributed by atoms with Crippen LogP contribution >= 0.6 is 15.0 Å². The van der Waals surface area contributed by atoms with Gasteiger partial charge in [-0.1, -0.05) is 72.8 Å². The van der Waals surface area contributed by atoms with Gasteiger partial charge < -0.3 is 13.6 Å². The van der Waals surface area contributed by atoms with Gasteiger partial charge in [-0.15, -0.1) is 0 Å². The molecule has 3 aromatic carbocycles. The smallest absolute Gasteiger partial charge is 0.322 e. The van der Waals surface area contributed by atoms with Crippen molar-refractivity contribution in [2.24, 2.45) is 0 Å². The number of hydrogen-bond acceptors (Lipinski definition) is 5. The highest BCUT2D eigenvalue weighted by atomic mass is 31.2. The molecular formula is C26H30O5P2. The highest BCUT2D eigenvalue weighted by molar-refractivity contribution is 7.85. The number of hydrogen-bond donors (Lipinski definition) is 0. The Balaban J connectivity index is 2.18. The molecule has 7 heteroatoms. The van der Waals surface area contributed by atoms with Gasteiger partial charge >= 0.3 is 7.60 Å². The molecule has 0 spiro atoms. The average Bonchev–Trinajstić information content (AvgIpc) is 2.84. The predicted molar refractivity (Wildman–Crippen MR) is 136 cm³/mol. The van der Waals surface area contributed by atoms with E-state index in [-0.39, 0.29) is 24.9 Å². The summed E-state index contributed by atoms with van der Waals surface area (Å²) in [7, 11) is -7.70. The highest BCUT2D eigenvalue weighted by Crippen LogP contribution is 2.73. The molecule has 0 N–H and O–H groups in total. The molecule has 0 saturated heterocycles. The van der Waals surface area contributed by atoms with Crippen LogP contribution in [0.15, 0.2) is 90.0 Å². The van der Waals surface area contributed by atoms with Gasteiger partial charge in [0.1, 0.15) is 5.06 Å². The van der Waals surface area contributed by atoms with Crippen LogP contribution in [-0.4, -0.2) is 19.8 Å². The minimum Gasteiger partial charge on any atom is -0.322 e. The third kappa shape index (κ3) is 6.00. The van der Waals surface area contributed by atoms with Crippen molar-refractivity contribution in [1.82, 2.24) is 0 Å². The van der Waals surface area contributed by atoms with Crippen molar-refractivity contribution in [2.75, 3.05) is 19.8 Å². The topological polar surface area (TPSA) is 61.8 Å². The summed E-state index contributed by atoms with van der Waals surface area (Å²) in [6.07, 6.45) is 1.62. The van der Waals surface area contributed by atoms with Crippen molar-refractivity contribution in [1.29, 1.82) is 0 Å². The van der Waals surface area contributed by atoms with Crippen molar-refractivity contribution >= 4 is 26.3 Å². The fraction of sp³-hybridized carbons (Fsp3) is 0.231. The van der Waals surface area contributed by atoms with Crippen LogP contribution in [-0.2, 0) is 22.7 Å². The maximum atomic E-state index is 14.5. The Morgan fingerprint density at radius 3 is 1.67 bits per heavy atom. The van der Waals surface area contributed by atoms with Crippen LogP contribution in [0.5, 0.6) is 0 Å². The Labute approximate surface area is 196 Å². The largest absolute Gasteiger partial charge is 0.367 e. The quantitative estimate of drug-likeness (QED) is 0.263. The molecule has 0 aromatic heterocycles. The lowest BCUT2D eigenvalue weighted by molar-refractivity contribution is 0.227. The van der Waals surface area contributed by atoms with E-state index in [4.69, 9.17) is 13.6 Å². The van der Waals surface area contributed by atoms with E-state index < -0.39 is 15.0 Å². The van der Waals surface area contributed by atoms with E-state index in [1.807, 2.05) is 72.8 Å². The lowest BCUT2D eigenvalue weighted by atomic mass is 10.1. The summed E-state index contributed by atoms with van der Waals surface area (Å²) in [4.78, 5) is 0. The van der Waals surface area contributed by atoms with E-state index in [0.717, 1.165) is 16.7 Å². The molecule has 174 valence electrons. The van der Waals surface area contributed by atoms with Gasteiger partial charge in [-0.25, -0.2) is 0 Å². The van der Waals surface area contributed by atoms with E-state index in [1.54, 1.807) is 39.0 Å². The monoisotopic (exact) mass is 484 g/mol. The first kappa shape index (κ1) is 25.4. The van der Waals surface area contributed by atoms with Crippen molar-refractivity contribution in [3.05, 3.63) is 95.5 Å². The fourth-order valence-corrected chi connectivity index (χ4v) is 8.72. The number of rotatable bonds is 11. The molecule has 0 aliphatic carbocycles. The summed E-state index contributed by atoms with van der Waals surface area (Å²) >= 11 is 0. The van der Waals surface area contributed by atoms with E-state index >= 15 is 0 Å². The van der Waals surface area contributed by atoms with Gasteiger partial charge in [0.05, 0.1) is 19.8 Å². The molecule has 0 amide bonds. The van der Waals surface area contributed by atoms with Crippen LogP contribution in [0.1, 0.15) is 26.3 Å². The van der Waals surface area contributed by atoms with E-state index in [9.17, 15) is 9.13 Å². The first-order valence-corrected chi connectivity index (χ1v) is 14.2. The Bertz CT molecular complexity index is 1130. The van der Waals surface area contributed by atoms with E-state index in [1.165, 1.54) is 0 Å². The molecule has 0 radical (unpaired) electrons. The summed E-state index contributed by atoms with van der Waals surface area (Å²) in [5.74, 6) is 0. The molecular weight excluding hydrogens is 454 g/mol. The molecule has 0 saturated carbocycles. The lowest BCUT2D eigenvalue weighted by Crippen LogP contribution is -2.12. The lowest BCUT2D eigenvalue weighted by Gasteiger charge is -2.27. The molecule has 1 unspecified atom stereocenters. The zero-order chi connectivity index (χ0) is 23.7. The minimum absolute atomic E-state index is 0.0409. The molecule has 1 atom stereocenters. The molecule has 0 aliphatic rings. The van der Waals surface area contributed by atoms with Gasteiger partial charge in [-0.05, 0) is 55.7 Å². The normalized spacial score (nSPS) is 14.1. The van der Waals surface area contributed by atoms with Crippen LogP contribution < -0.4 is 5.30 Å². The second-order valence-electron chi connectivity index (χ2n) is 7.13. The molecule has 3 rings (SSSR count).